The topological polar surface area (TPSA) is 0 Å². The molecule has 0 heteroatoms. The number of benzene rings is 3. The van der Waals surface area contributed by atoms with Gasteiger partial charge in [-0.1, -0.05) is 76.2 Å². The first kappa shape index (κ1) is 15.1. The third-order valence-electron chi connectivity index (χ3n) is 4.25. The van der Waals surface area contributed by atoms with E-state index in [-0.39, 0.29) is 0 Å². The van der Waals surface area contributed by atoms with Crippen molar-refractivity contribution < 1.29 is 0 Å². The van der Waals surface area contributed by atoms with Crippen molar-refractivity contribution in [1.29, 1.82) is 0 Å². The zero-order valence-corrected chi connectivity index (χ0v) is 14.2. The lowest BCUT2D eigenvalue weighted by atomic mass is 9.94. The second-order valence-electron chi connectivity index (χ2n) is 7.37. The van der Waals surface area contributed by atoms with Crippen molar-refractivity contribution in [2.45, 2.75) is 40.5 Å². The average Bonchev–Trinajstić information content (AvgIpc) is 2.45. The molecule has 0 bridgehead atoms. The van der Waals surface area contributed by atoms with Crippen LogP contribution in [-0.4, -0.2) is 0 Å². The lowest BCUT2D eigenvalue weighted by Crippen LogP contribution is -1.94. The molecular formula is C22H26. The molecule has 114 valence electrons. The van der Waals surface area contributed by atoms with Gasteiger partial charge in [-0.05, 0) is 57.3 Å². The van der Waals surface area contributed by atoms with E-state index in [1.807, 2.05) is 0 Å². The largest absolute Gasteiger partial charge is 0.0625 e. The van der Waals surface area contributed by atoms with Crippen LogP contribution in [-0.2, 0) is 12.8 Å². The van der Waals surface area contributed by atoms with Crippen molar-refractivity contribution in [2.75, 3.05) is 0 Å². The highest BCUT2D eigenvalue weighted by Crippen LogP contribution is 2.28. The quantitative estimate of drug-likeness (QED) is 0.488. The summed E-state index contributed by atoms with van der Waals surface area (Å²) in [6.07, 6.45) is 2.31. The zero-order chi connectivity index (χ0) is 15.7. The molecule has 0 saturated heterocycles. The Balaban J connectivity index is 2.07. The summed E-state index contributed by atoms with van der Waals surface area (Å²) in [5.41, 5.74) is 2.89. The van der Waals surface area contributed by atoms with Crippen LogP contribution in [0.3, 0.4) is 0 Å². The summed E-state index contributed by atoms with van der Waals surface area (Å²) in [5, 5.41) is 5.48. The summed E-state index contributed by atoms with van der Waals surface area (Å²) in [5.74, 6) is 1.41. The molecule has 22 heavy (non-hydrogen) atoms. The van der Waals surface area contributed by atoms with Gasteiger partial charge in [0.25, 0.3) is 0 Å². The summed E-state index contributed by atoms with van der Waals surface area (Å²) in [7, 11) is 0. The molecule has 0 saturated carbocycles. The smallest absolute Gasteiger partial charge is 0.0105 e. The molecule has 0 fully saturated rings. The van der Waals surface area contributed by atoms with Gasteiger partial charge >= 0.3 is 0 Å². The van der Waals surface area contributed by atoms with E-state index in [0.717, 1.165) is 12.8 Å². The zero-order valence-electron chi connectivity index (χ0n) is 14.2. The Hall–Kier alpha value is -1.82. The molecule has 0 aliphatic heterocycles. The van der Waals surface area contributed by atoms with Crippen LogP contribution in [0.1, 0.15) is 38.8 Å². The van der Waals surface area contributed by atoms with Gasteiger partial charge in [0.15, 0.2) is 0 Å². The fraction of sp³-hybridized carbons (Fsp3) is 0.364. The van der Waals surface area contributed by atoms with Crippen LogP contribution in [0.2, 0.25) is 0 Å². The molecule has 0 aliphatic rings. The summed E-state index contributed by atoms with van der Waals surface area (Å²) in [4.78, 5) is 0. The molecular weight excluding hydrogens is 264 g/mol. The van der Waals surface area contributed by atoms with Crippen molar-refractivity contribution in [2.24, 2.45) is 11.8 Å². The predicted octanol–water partition coefficient (Wildman–Crippen LogP) is 6.39. The van der Waals surface area contributed by atoms with Crippen LogP contribution in [0.5, 0.6) is 0 Å². The highest BCUT2D eigenvalue weighted by molar-refractivity contribution is 6.07. The van der Waals surface area contributed by atoms with Crippen LogP contribution in [0.4, 0.5) is 0 Å². The van der Waals surface area contributed by atoms with Crippen LogP contribution in [0.25, 0.3) is 21.5 Å². The van der Waals surface area contributed by atoms with Gasteiger partial charge in [0.05, 0.1) is 0 Å². The van der Waals surface area contributed by atoms with E-state index >= 15 is 0 Å². The highest BCUT2D eigenvalue weighted by atomic mass is 14.1. The van der Waals surface area contributed by atoms with Crippen LogP contribution in [0.15, 0.2) is 48.5 Å². The van der Waals surface area contributed by atoms with Gasteiger partial charge in [0, 0.05) is 0 Å². The minimum absolute atomic E-state index is 0.705. The molecule has 0 nitrogen and oxygen atoms in total. The van der Waals surface area contributed by atoms with Gasteiger partial charge in [-0.25, -0.2) is 0 Å². The molecule has 0 unspecified atom stereocenters. The lowest BCUT2D eigenvalue weighted by Gasteiger charge is -2.10. The fourth-order valence-electron chi connectivity index (χ4n) is 3.37. The predicted molar refractivity (Wildman–Crippen MR) is 98.5 cm³/mol. The van der Waals surface area contributed by atoms with E-state index in [4.69, 9.17) is 0 Å². The molecule has 0 heterocycles. The van der Waals surface area contributed by atoms with Crippen LogP contribution < -0.4 is 0 Å². The van der Waals surface area contributed by atoms with Crippen molar-refractivity contribution in [1.82, 2.24) is 0 Å². The van der Waals surface area contributed by atoms with Gasteiger partial charge < -0.3 is 0 Å². The second-order valence-corrected chi connectivity index (χ2v) is 7.37. The van der Waals surface area contributed by atoms with E-state index in [1.165, 1.54) is 32.7 Å². The van der Waals surface area contributed by atoms with Gasteiger partial charge in [0.2, 0.25) is 0 Å². The summed E-state index contributed by atoms with van der Waals surface area (Å²) in [6, 6.07) is 18.5. The van der Waals surface area contributed by atoms with E-state index in [0.29, 0.717) is 11.8 Å². The third kappa shape index (κ3) is 3.16. The molecule has 3 rings (SSSR count). The maximum absolute atomic E-state index is 2.36. The Morgan fingerprint density at radius 2 is 1.00 bits per heavy atom. The lowest BCUT2D eigenvalue weighted by molar-refractivity contribution is 0.647. The molecule has 0 spiro atoms. The standard InChI is InChI=1S/C22H26/c1-15(2)11-17-5-9-21-19(13-17)7-8-20-14-18(12-16(3)4)6-10-22(20)21/h5-10,13-16H,11-12H2,1-4H3. The Bertz CT molecular complexity index is 725. The summed E-state index contributed by atoms with van der Waals surface area (Å²) >= 11 is 0. The molecule has 0 atom stereocenters. The molecule has 0 amide bonds. The Morgan fingerprint density at radius 3 is 1.36 bits per heavy atom. The van der Waals surface area contributed by atoms with Gasteiger partial charge in [-0.2, -0.15) is 0 Å². The molecule has 3 aromatic carbocycles. The van der Waals surface area contributed by atoms with Gasteiger partial charge in [-0.15, -0.1) is 0 Å². The second kappa shape index (κ2) is 6.12. The minimum Gasteiger partial charge on any atom is -0.0625 e. The van der Waals surface area contributed by atoms with Crippen molar-refractivity contribution in [3.8, 4) is 0 Å². The molecule has 0 aliphatic carbocycles. The first-order valence-corrected chi connectivity index (χ1v) is 8.47. The first-order valence-electron chi connectivity index (χ1n) is 8.47. The Kier molecular flexibility index (Phi) is 4.20. The summed E-state index contributed by atoms with van der Waals surface area (Å²) < 4.78 is 0. The molecule has 3 aromatic rings. The highest BCUT2D eigenvalue weighted by Gasteiger charge is 2.05. The summed E-state index contributed by atoms with van der Waals surface area (Å²) in [6.45, 7) is 9.11. The fourth-order valence-corrected chi connectivity index (χ4v) is 3.37. The van der Waals surface area contributed by atoms with Crippen molar-refractivity contribution >= 4 is 21.5 Å². The minimum atomic E-state index is 0.705. The van der Waals surface area contributed by atoms with E-state index in [2.05, 4.69) is 76.2 Å². The maximum Gasteiger partial charge on any atom is -0.0105 e. The van der Waals surface area contributed by atoms with Crippen molar-refractivity contribution in [3.63, 3.8) is 0 Å². The van der Waals surface area contributed by atoms with E-state index in [1.54, 1.807) is 0 Å². The number of fused-ring (bicyclic) bond motifs is 3. The first-order chi connectivity index (χ1) is 10.5. The third-order valence-corrected chi connectivity index (χ3v) is 4.25. The normalized spacial score (nSPS) is 11.9. The van der Waals surface area contributed by atoms with Crippen LogP contribution >= 0.6 is 0 Å². The van der Waals surface area contributed by atoms with Crippen LogP contribution in [0, 0.1) is 11.8 Å². The van der Waals surface area contributed by atoms with Gasteiger partial charge in [0.1, 0.15) is 0 Å². The van der Waals surface area contributed by atoms with E-state index < -0.39 is 0 Å². The molecule has 0 aromatic heterocycles. The Labute approximate surface area is 134 Å². The average molecular weight is 290 g/mol. The van der Waals surface area contributed by atoms with Crippen molar-refractivity contribution in [3.05, 3.63) is 59.7 Å². The maximum atomic E-state index is 2.36. The monoisotopic (exact) mass is 290 g/mol. The van der Waals surface area contributed by atoms with Gasteiger partial charge in [-0.3, -0.25) is 0 Å². The number of hydrogen-bond acceptors (Lipinski definition) is 0. The van der Waals surface area contributed by atoms with E-state index in [9.17, 15) is 0 Å². The number of hydrogen-bond donors (Lipinski definition) is 0. The number of rotatable bonds is 4. The Morgan fingerprint density at radius 1 is 0.591 bits per heavy atom. The molecule has 0 radical (unpaired) electrons. The molecule has 0 N–H and O–H groups in total. The SMILES string of the molecule is CC(C)Cc1ccc2c(ccc3cc(CC(C)C)ccc32)c1.